The van der Waals surface area contributed by atoms with Crippen molar-refractivity contribution in [1.29, 1.82) is 0 Å². The van der Waals surface area contributed by atoms with Gasteiger partial charge in [0, 0.05) is 0 Å². The fourth-order valence-corrected chi connectivity index (χ4v) is 1.25. The van der Waals surface area contributed by atoms with Gasteiger partial charge in [0.05, 0.1) is 26.4 Å². The van der Waals surface area contributed by atoms with Crippen molar-refractivity contribution in [3.63, 3.8) is 0 Å². The van der Waals surface area contributed by atoms with Crippen LogP contribution in [0.3, 0.4) is 0 Å². The van der Waals surface area contributed by atoms with E-state index in [0.29, 0.717) is 12.9 Å². The minimum Gasteiger partial charge on any atom is -0.497 e. The Kier molecular flexibility index (Phi) is 5.99. The molecule has 1 unspecified atom stereocenters. The summed E-state index contributed by atoms with van der Waals surface area (Å²) in [5.74, 6) is 0.794. The molecule has 0 fully saturated rings. The monoisotopic (exact) mass is 236 g/mol. The highest BCUT2D eigenvalue weighted by Crippen LogP contribution is 2.11. The molecule has 1 atom stereocenters. The SMILES string of the molecule is COc1ccc(COCC(O)/C=C/C=O)cc1. The molecule has 4 nitrogen and oxygen atoms in total. The molecule has 0 aliphatic carbocycles. The summed E-state index contributed by atoms with van der Waals surface area (Å²) in [5, 5.41) is 9.35. The van der Waals surface area contributed by atoms with E-state index in [0.717, 1.165) is 11.3 Å². The summed E-state index contributed by atoms with van der Waals surface area (Å²) in [6.45, 7) is 0.576. The van der Waals surface area contributed by atoms with Crippen molar-refractivity contribution in [2.24, 2.45) is 0 Å². The van der Waals surface area contributed by atoms with E-state index in [-0.39, 0.29) is 6.61 Å². The maximum atomic E-state index is 10.0. The van der Waals surface area contributed by atoms with Gasteiger partial charge in [0.25, 0.3) is 0 Å². The average molecular weight is 236 g/mol. The van der Waals surface area contributed by atoms with E-state index in [9.17, 15) is 9.90 Å². The lowest BCUT2D eigenvalue weighted by Crippen LogP contribution is -2.12. The third kappa shape index (κ3) is 5.29. The number of aldehydes is 1. The standard InChI is InChI=1S/C13H16O4/c1-16-13-6-4-11(5-7-13)9-17-10-12(15)3-2-8-14/h2-8,12,15H,9-10H2,1H3/b3-2+. The van der Waals surface area contributed by atoms with Crippen LogP contribution >= 0.6 is 0 Å². The maximum absolute atomic E-state index is 10.0. The highest BCUT2D eigenvalue weighted by Gasteiger charge is 1.99. The van der Waals surface area contributed by atoms with Gasteiger partial charge in [0.2, 0.25) is 0 Å². The number of carbonyl (C=O) groups is 1. The maximum Gasteiger partial charge on any atom is 0.142 e. The summed E-state index contributed by atoms with van der Waals surface area (Å²) in [4.78, 5) is 10.0. The summed E-state index contributed by atoms with van der Waals surface area (Å²) < 4.78 is 10.3. The topological polar surface area (TPSA) is 55.8 Å². The first-order chi connectivity index (χ1) is 8.26. The molecule has 0 aromatic heterocycles. The molecule has 0 amide bonds. The van der Waals surface area contributed by atoms with Crippen molar-refractivity contribution in [2.45, 2.75) is 12.7 Å². The molecule has 0 radical (unpaired) electrons. The summed E-state index contributed by atoms with van der Waals surface area (Å²) in [5.41, 5.74) is 0.998. The fraction of sp³-hybridized carbons (Fsp3) is 0.308. The number of carbonyl (C=O) groups excluding carboxylic acids is 1. The Labute approximate surface area is 100 Å². The van der Waals surface area contributed by atoms with E-state index in [4.69, 9.17) is 9.47 Å². The minimum absolute atomic E-state index is 0.163. The Morgan fingerprint density at radius 2 is 2.06 bits per heavy atom. The predicted octanol–water partition coefficient (Wildman–Crippen LogP) is 1.33. The molecule has 0 saturated carbocycles. The lowest BCUT2D eigenvalue weighted by Gasteiger charge is -2.07. The Hall–Kier alpha value is -1.65. The van der Waals surface area contributed by atoms with Gasteiger partial charge < -0.3 is 14.6 Å². The molecule has 92 valence electrons. The fourth-order valence-electron chi connectivity index (χ4n) is 1.25. The summed E-state index contributed by atoms with van der Waals surface area (Å²) in [6, 6.07) is 7.49. The Morgan fingerprint density at radius 1 is 1.35 bits per heavy atom. The molecular formula is C13H16O4. The van der Waals surface area contributed by atoms with Crippen LogP contribution in [0.4, 0.5) is 0 Å². The van der Waals surface area contributed by atoms with Gasteiger partial charge in [0.1, 0.15) is 12.0 Å². The van der Waals surface area contributed by atoms with Crippen molar-refractivity contribution >= 4 is 6.29 Å². The number of ether oxygens (including phenoxy) is 2. The first-order valence-corrected chi connectivity index (χ1v) is 5.27. The van der Waals surface area contributed by atoms with Gasteiger partial charge in [-0.25, -0.2) is 0 Å². The Balaban J connectivity index is 2.30. The van der Waals surface area contributed by atoms with Crippen molar-refractivity contribution in [3.8, 4) is 5.75 Å². The van der Waals surface area contributed by atoms with Crippen LogP contribution in [0.5, 0.6) is 5.75 Å². The van der Waals surface area contributed by atoms with Crippen LogP contribution in [0.1, 0.15) is 5.56 Å². The van der Waals surface area contributed by atoms with Crippen molar-refractivity contribution < 1.29 is 19.4 Å². The number of methoxy groups -OCH3 is 1. The quantitative estimate of drug-likeness (QED) is 0.573. The molecule has 0 heterocycles. The third-order valence-electron chi connectivity index (χ3n) is 2.13. The number of hydrogen-bond donors (Lipinski definition) is 1. The number of allylic oxidation sites excluding steroid dienone is 1. The molecule has 17 heavy (non-hydrogen) atoms. The van der Waals surface area contributed by atoms with Gasteiger partial charge >= 0.3 is 0 Å². The molecule has 4 heteroatoms. The van der Waals surface area contributed by atoms with Crippen molar-refractivity contribution in [1.82, 2.24) is 0 Å². The summed E-state index contributed by atoms with van der Waals surface area (Å²) in [6.07, 6.45) is 2.51. The van der Waals surface area contributed by atoms with E-state index in [1.54, 1.807) is 7.11 Å². The predicted molar refractivity (Wildman–Crippen MR) is 63.9 cm³/mol. The van der Waals surface area contributed by atoms with Crippen LogP contribution in [0.15, 0.2) is 36.4 Å². The van der Waals surface area contributed by atoms with Crippen molar-refractivity contribution in [3.05, 3.63) is 42.0 Å². The number of aliphatic hydroxyl groups is 1. The molecular weight excluding hydrogens is 220 g/mol. The smallest absolute Gasteiger partial charge is 0.142 e. The molecule has 1 aromatic carbocycles. The van der Waals surface area contributed by atoms with Crippen LogP contribution in [-0.4, -0.2) is 31.2 Å². The normalized spacial score (nSPS) is 12.6. The number of hydrogen-bond acceptors (Lipinski definition) is 4. The Morgan fingerprint density at radius 3 is 2.65 bits per heavy atom. The van der Waals surface area contributed by atoms with Crippen LogP contribution in [-0.2, 0) is 16.1 Å². The molecule has 0 spiro atoms. The highest BCUT2D eigenvalue weighted by molar-refractivity contribution is 5.64. The highest BCUT2D eigenvalue weighted by atomic mass is 16.5. The first kappa shape index (κ1) is 13.4. The number of rotatable bonds is 7. The molecule has 0 saturated heterocycles. The van der Waals surface area contributed by atoms with E-state index in [1.165, 1.54) is 12.2 Å². The second-order valence-corrected chi connectivity index (χ2v) is 3.45. The van der Waals surface area contributed by atoms with E-state index < -0.39 is 6.10 Å². The van der Waals surface area contributed by atoms with Gasteiger partial charge in [-0.05, 0) is 23.8 Å². The van der Waals surface area contributed by atoms with E-state index >= 15 is 0 Å². The first-order valence-electron chi connectivity index (χ1n) is 5.27. The largest absolute Gasteiger partial charge is 0.497 e. The number of aliphatic hydroxyl groups excluding tert-OH is 1. The van der Waals surface area contributed by atoms with Crippen molar-refractivity contribution in [2.75, 3.05) is 13.7 Å². The molecule has 1 aromatic rings. The third-order valence-corrected chi connectivity index (χ3v) is 2.13. The molecule has 1 rings (SSSR count). The van der Waals surface area contributed by atoms with E-state index in [2.05, 4.69) is 0 Å². The zero-order chi connectivity index (χ0) is 12.5. The van der Waals surface area contributed by atoms with Crippen LogP contribution < -0.4 is 4.74 Å². The van der Waals surface area contributed by atoms with Gasteiger partial charge in [-0.2, -0.15) is 0 Å². The van der Waals surface area contributed by atoms with Gasteiger partial charge in [-0.3, -0.25) is 4.79 Å². The summed E-state index contributed by atoms with van der Waals surface area (Å²) in [7, 11) is 1.61. The Bertz CT molecular complexity index is 356. The van der Waals surface area contributed by atoms with Gasteiger partial charge in [0.15, 0.2) is 0 Å². The molecule has 1 N–H and O–H groups in total. The number of benzene rings is 1. The minimum atomic E-state index is -0.751. The second-order valence-electron chi connectivity index (χ2n) is 3.45. The van der Waals surface area contributed by atoms with Gasteiger partial charge in [-0.1, -0.05) is 18.2 Å². The second kappa shape index (κ2) is 7.60. The van der Waals surface area contributed by atoms with Crippen LogP contribution in [0.2, 0.25) is 0 Å². The molecule has 0 bridgehead atoms. The van der Waals surface area contributed by atoms with E-state index in [1.807, 2.05) is 24.3 Å². The molecule has 0 aliphatic heterocycles. The lowest BCUT2D eigenvalue weighted by atomic mass is 10.2. The van der Waals surface area contributed by atoms with Crippen LogP contribution in [0.25, 0.3) is 0 Å². The van der Waals surface area contributed by atoms with Crippen LogP contribution in [0, 0.1) is 0 Å². The molecule has 0 aliphatic rings. The lowest BCUT2D eigenvalue weighted by molar-refractivity contribution is -0.104. The zero-order valence-corrected chi connectivity index (χ0v) is 9.70. The van der Waals surface area contributed by atoms with Gasteiger partial charge in [-0.15, -0.1) is 0 Å². The summed E-state index contributed by atoms with van der Waals surface area (Å²) >= 11 is 0. The zero-order valence-electron chi connectivity index (χ0n) is 9.70. The average Bonchev–Trinajstić information content (AvgIpc) is 2.37.